The molecule has 1 unspecified atom stereocenters. The van der Waals surface area contributed by atoms with E-state index in [-0.39, 0.29) is 11.9 Å². The Kier molecular flexibility index (Phi) is 5.93. The summed E-state index contributed by atoms with van der Waals surface area (Å²) in [4.78, 5) is 15.7. The molecule has 0 saturated heterocycles. The van der Waals surface area contributed by atoms with E-state index in [0.29, 0.717) is 31.0 Å². The van der Waals surface area contributed by atoms with E-state index in [4.69, 9.17) is 4.42 Å². The van der Waals surface area contributed by atoms with Gasteiger partial charge in [-0.1, -0.05) is 55.0 Å². The molecule has 2 heterocycles. The van der Waals surface area contributed by atoms with Crippen molar-refractivity contribution in [2.45, 2.75) is 45.6 Å². The second-order valence-corrected chi connectivity index (χ2v) is 7.56. The van der Waals surface area contributed by atoms with E-state index < -0.39 is 0 Å². The summed E-state index contributed by atoms with van der Waals surface area (Å²) in [7, 11) is 0. The summed E-state index contributed by atoms with van der Waals surface area (Å²) in [5, 5.41) is 12.5. The molecule has 0 fully saturated rings. The molecule has 0 bridgehead atoms. The molecule has 1 atom stereocenters. The molecule has 2 N–H and O–H groups in total. The van der Waals surface area contributed by atoms with Crippen molar-refractivity contribution in [3.63, 3.8) is 0 Å². The number of hydrogen-bond donors (Lipinski definition) is 2. The Hall–Kier alpha value is -3.41. The van der Waals surface area contributed by atoms with E-state index in [2.05, 4.69) is 64.7 Å². The average molecular weight is 402 g/mol. The third-order valence-electron chi connectivity index (χ3n) is 5.31. The number of nitrogens with zero attached hydrogens (tertiary/aromatic N) is 2. The Balaban J connectivity index is 1.32. The van der Waals surface area contributed by atoms with Crippen molar-refractivity contribution in [1.29, 1.82) is 0 Å². The van der Waals surface area contributed by atoms with Gasteiger partial charge >= 0.3 is 0 Å². The number of benzene rings is 2. The van der Waals surface area contributed by atoms with E-state index in [1.807, 2.05) is 24.4 Å². The third-order valence-corrected chi connectivity index (χ3v) is 5.31. The van der Waals surface area contributed by atoms with E-state index in [1.54, 1.807) is 0 Å². The Morgan fingerprint density at radius 1 is 1.10 bits per heavy atom. The van der Waals surface area contributed by atoms with Crippen molar-refractivity contribution in [3.05, 3.63) is 83.2 Å². The van der Waals surface area contributed by atoms with Crippen LogP contribution < -0.4 is 5.32 Å². The molecule has 6 heteroatoms. The fraction of sp³-hybridized carbons (Fsp3) is 0.292. The summed E-state index contributed by atoms with van der Waals surface area (Å²) in [6, 6.07) is 16.4. The van der Waals surface area contributed by atoms with Gasteiger partial charge in [0, 0.05) is 29.9 Å². The van der Waals surface area contributed by atoms with Crippen LogP contribution >= 0.6 is 0 Å². The first kappa shape index (κ1) is 19.9. The number of aromatic amines is 1. The van der Waals surface area contributed by atoms with Gasteiger partial charge in [-0.3, -0.25) is 4.79 Å². The van der Waals surface area contributed by atoms with Crippen LogP contribution in [0.4, 0.5) is 0 Å². The minimum atomic E-state index is -0.0150. The van der Waals surface area contributed by atoms with Gasteiger partial charge in [0.1, 0.15) is 0 Å². The summed E-state index contributed by atoms with van der Waals surface area (Å²) >= 11 is 0. The first-order valence-electron chi connectivity index (χ1n) is 10.3. The maximum Gasteiger partial charge on any atom is 0.221 e. The second-order valence-electron chi connectivity index (χ2n) is 7.56. The highest BCUT2D eigenvalue weighted by Gasteiger charge is 2.15. The minimum Gasteiger partial charge on any atom is -0.425 e. The molecule has 154 valence electrons. The van der Waals surface area contributed by atoms with Crippen LogP contribution in [0.25, 0.3) is 10.9 Å². The minimum absolute atomic E-state index is 0.0122. The lowest BCUT2D eigenvalue weighted by molar-refractivity contribution is -0.121. The van der Waals surface area contributed by atoms with Crippen LogP contribution in [0.5, 0.6) is 0 Å². The lowest BCUT2D eigenvalue weighted by atomic mass is 10.0. The van der Waals surface area contributed by atoms with E-state index in [9.17, 15) is 4.79 Å². The maximum absolute atomic E-state index is 12.4. The van der Waals surface area contributed by atoms with E-state index in [1.165, 1.54) is 5.56 Å². The lowest BCUT2D eigenvalue weighted by Crippen LogP contribution is -2.28. The number of aromatic nitrogens is 3. The molecule has 30 heavy (non-hydrogen) atoms. The topological polar surface area (TPSA) is 83.8 Å². The van der Waals surface area contributed by atoms with Crippen molar-refractivity contribution in [3.8, 4) is 0 Å². The highest BCUT2D eigenvalue weighted by atomic mass is 16.4. The molecule has 0 aliphatic carbocycles. The van der Waals surface area contributed by atoms with Crippen LogP contribution in [0, 0.1) is 6.92 Å². The summed E-state index contributed by atoms with van der Waals surface area (Å²) < 4.78 is 5.77. The van der Waals surface area contributed by atoms with Gasteiger partial charge in [0.25, 0.3) is 0 Å². The number of carbonyl (C=O) groups excluding carboxylic acids is 1. The number of H-pyrrole nitrogens is 1. The predicted octanol–water partition coefficient (Wildman–Crippen LogP) is 4.65. The molecule has 2 aromatic carbocycles. The zero-order chi connectivity index (χ0) is 20.9. The van der Waals surface area contributed by atoms with Crippen LogP contribution in [0.15, 0.2) is 59.1 Å². The van der Waals surface area contributed by atoms with Crippen LogP contribution in [0.2, 0.25) is 0 Å². The van der Waals surface area contributed by atoms with Gasteiger partial charge in [-0.2, -0.15) is 0 Å². The van der Waals surface area contributed by atoms with Crippen LogP contribution in [0.3, 0.4) is 0 Å². The standard InChI is InChI=1S/C24H26N4O2/c1-3-20(17-10-8-16(2)9-11-17)26-22(29)12-13-23-27-28-24(30-23)14-18-15-25-21-7-5-4-6-19(18)21/h4-11,15,20,25H,3,12-14H2,1-2H3,(H,26,29). The SMILES string of the molecule is CCC(NC(=O)CCc1nnc(Cc2c[nH]c3ccccc23)o1)c1ccc(C)cc1. The molecule has 0 aliphatic heterocycles. The first-order chi connectivity index (χ1) is 14.6. The number of carbonyl (C=O) groups is 1. The molecule has 0 radical (unpaired) electrons. The van der Waals surface area contributed by atoms with Gasteiger partial charge in [0.2, 0.25) is 17.7 Å². The normalized spacial score (nSPS) is 12.2. The molecule has 2 aromatic heterocycles. The molecular weight excluding hydrogens is 376 g/mol. The highest BCUT2D eigenvalue weighted by molar-refractivity contribution is 5.83. The fourth-order valence-corrected chi connectivity index (χ4v) is 3.61. The summed E-state index contributed by atoms with van der Waals surface area (Å²) in [6.45, 7) is 4.13. The largest absolute Gasteiger partial charge is 0.425 e. The van der Waals surface area contributed by atoms with Crippen molar-refractivity contribution in [1.82, 2.24) is 20.5 Å². The summed E-state index contributed by atoms with van der Waals surface area (Å²) in [5.41, 5.74) is 4.53. The zero-order valence-corrected chi connectivity index (χ0v) is 17.3. The third kappa shape index (κ3) is 4.59. The molecule has 0 saturated carbocycles. The van der Waals surface area contributed by atoms with Crippen LogP contribution in [0.1, 0.15) is 54.3 Å². The molecule has 4 aromatic rings. The predicted molar refractivity (Wildman–Crippen MR) is 116 cm³/mol. The summed E-state index contributed by atoms with van der Waals surface area (Å²) in [5.74, 6) is 1.03. The van der Waals surface area contributed by atoms with E-state index >= 15 is 0 Å². The van der Waals surface area contributed by atoms with E-state index in [0.717, 1.165) is 28.5 Å². The van der Waals surface area contributed by atoms with Gasteiger partial charge in [-0.05, 0) is 30.5 Å². The van der Waals surface area contributed by atoms with Gasteiger partial charge in [0.15, 0.2) is 0 Å². The Bertz CT molecular complexity index is 1130. The number of para-hydroxylation sites is 1. The molecule has 1 amide bonds. The maximum atomic E-state index is 12.4. The lowest BCUT2D eigenvalue weighted by Gasteiger charge is -2.17. The smallest absolute Gasteiger partial charge is 0.221 e. The molecule has 0 spiro atoms. The Morgan fingerprint density at radius 3 is 2.67 bits per heavy atom. The van der Waals surface area contributed by atoms with Gasteiger partial charge in [-0.25, -0.2) is 0 Å². The van der Waals surface area contributed by atoms with Gasteiger partial charge in [-0.15, -0.1) is 10.2 Å². The van der Waals surface area contributed by atoms with Gasteiger partial charge < -0.3 is 14.7 Å². The molecular formula is C24H26N4O2. The Labute approximate surface area is 175 Å². The van der Waals surface area contributed by atoms with Crippen molar-refractivity contribution >= 4 is 16.8 Å². The number of nitrogens with one attached hydrogen (secondary N) is 2. The number of hydrogen-bond acceptors (Lipinski definition) is 4. The first-order valence-corrected chi connectivity index (χ1v) is 10.3. The number of amides is 1. The second kappa shape index (κ2) is 8.95. The summed E-state index contributed by atoms with van der Waals surface area (Å²) in [6.07, 6.45) is 4.12. The molecule has 6 nitrogen and oxygen atoms in total. The van der Waals surface area contributed by atoms with Crippen molar-refractivity contribution in [2.75, 3.05) is 0 Å². The fourth-order valence-electron chi connectivity index (χ4n) is 3.61. The Morgan fingerprint density at radius 2 is 1.87 bits per heavy atom. The quantitative estimate of drug-likeness (QED) is 0.449. The monoisotopic (exact) mass is 402 g/mol. The van der Waals surface area contributed by atoms with Gasteiger partial charge in [0.05, 0.1) is 12.5 Å². The molecule has 4 rings (SSSR count). The zero-order valence-electron chi connectivity index (χ0n) is 17.3. The van der Waals surface area contributed by atoms with Crippen LogP contribution in [-0.2, 0) is 17.6 Å². The highest BCUT2D eigenvalue weighted by Crippen LogP contribution is 2.21. The average Bonchev–Trinajstić information content (AvgIpc) is 3.39. The van der Waals surface area contributed by atoms with Crippen LogP contribution in [-0.4, -0.2) is 21.1 Å². The van der Waals surface area contributed by atoms with Crippen molar-refractivity contribution in [2.24, 2.45) is 0 Å². The number of aryl methyl sites for hydroxylation is 2. The molecule has 0 aliphatic rings. The number of rotatable bonds is 8. The van der Waals surface area contributed by atoms with Crippen molar-refractivity contribution < 1.29 is 9.21 Å². The number of fused-ring (bicyclic) bond motifs is 1.